The molecule has 0 bridgehead atoms. The highest BCUT2D eigenvalue weighted by Gasteiger charge is 2.38. The standard InChI is InChI=1S/C25H28N2O4S/c1-16-15-26(25(29)18-5-3-6-18)24-14-20(9-12-23(24)27(16)17(2)28)19-7-4-8-22(13-19)32(30,31)21-10-11-21/h4,7-9,12-14,16,18,21H,3,5-6,10-11,15H2,1-2H3. The van der Waals surface area contributed by atoms with E-state index in [0.717, 1.165) is 54.6 Å². The number of amides is 2. The Kier molecular flexibility index (Phi) is 5.12. The summed E-state index contributed by atoms with van der Waals surface area (Å²) in [5.41, 5.74) is 3.08. The van der Waals surface area contributed by atoms with Gasteiger partial charge < -0.3 is 9.80 Å². The molecule has 2 aromatic carbocycles. The van der Waals surface area contributed by atoms with E-state index in [4.69, 9.17) is 0 Å². The van der Waals surface area contributed by atoms with Crippen LogP contribution in [0.15, 0.2) is 47.4 Å². The highest BCUT2D eigenvalue weighted by molar-refractivity contribution is 7.92. The first kappa shape index (κ1) is 21.2. The van der Waals surface area contributed by atoms with E-state index in [1.807, 2.05) is 36.1 Å². The lowest BCUT2D eigenvalue weighted by molar-refractivity contribution is -0.125. The molecule has 7 heteroatoms. The van der Waals surface area contributed by atoms with E-state index in [2.05, 4.69) is 0 Å². The number of nitrogens with zero attached hydrogens (tertiary/aromatic N) is 2. The highest BCUT2D eigenvalue weighted by Crippen LogP contribution is 2.42. The summed E-state index contributed by atoms with van der Waals surface area (Å²) in [6, 6.07) is 12.6. The fraction of sp³-hybridized carbons (Fsp3) is 0.440. The predicted molar refractivity (Wildman–Crippen MR) is 124 cm³/mol. The molecule has 0 saturated heterocycles. The third-order valence-corrected chi connectivity index (χ3v) is 9.19. The minimum Gasteiger partial charge on any atom is -0.308 e. The average Bonchev–Trinajstić information content (AvgIpc) is 3.57. The van der Waals surface area contributed by atoms with Crippen LogP contribution in [0.25, 0.3) is 11.1 Å². The number of fused-ring (bicyclic) bond motifs is 1. The van der Waals surface area contributed by atoms with Crippen molar-refractivity contribution in [1.29, 1.82) is 0 Å². The van der Waals surface area contributed by atoms with E-state index in [9.17, 15) is 18.0 Å². The maximum Gasteiger partial charge on any atom is 0.230 e. The van der Waals surface area contributed by atoms with Crippen molar-refractivity contribution in [3.05, 3.63) is 42.5 Å². The lowest BCUT2D eigenvalue weighted by Crippen LogP contribution is -2.53. The summed E-state index contributed by atoms with van der Waals surface area (Å²) in [6.07, 6.45) is 4.35. The molecule has 168 valence electrons. The molecule has 0 spiro atoms. The van der Waals surface area contributed by atoms with Gasteiger partial charge in [0.2, 0.25) is 11.8 Å². The minimum absolute atomic E-state index is 0.0506. The number of rotatable bonds is 4. The van der Waals surface area contributed by atoms with Crippen molar-refractivity contribution in [3.8, 4) is 11.1 Å². The largest absolute Gasteiger partial charge is 0.308 e. The molecule has 1 unspecified atom stereocenters. The van der Waals surface area contributed by atoms with Gasteiger partial charge >= 0.3 is 0 Å². The van der Waals surface area contributed by atoms with Gasteiger partial charge in [0, 0.05) is 19.4 Å². The maximum absolute atomic E-state index is 13.2. The Bertz CT molecular complexity index is 1200. The van der Waals surface area contributed by atoms with Crippen molar-refractivity contribution in [2.45, 2.75) is 62.1 Å². The second-order valence-electron chi connectivity index (χ2n) is 9.29. The molecule has 0 N–H and O–H groups in total. The third kappa shape index (κ3) is 3.52. The van der Waals surface area contributed by atoms with E-state index < -0.39 is 9.84 Å². The maximum atomic E-state index is 13.2. The minimum atomic E-state index is -3.29. The van der Waals surface area contributed by atoms with Gasteiger partial charge in [-0.2, -0.15) is 0 Å². The zero-order valence-electron chi connectivity index (χ0n) is 18.5. The monoisotopic (exact) mass is 452 g/mol. The van der Waals surface area contributed by atoms with Gasteiger partial charge in [-0.1, -0.05) is 24.6 Å². The van der Waals surface area contributed by atoms with Crippen LogP contribution in [-0.4, -0.2) is 38.1 Å². The van der Waals surface area contributed by atoms with Gasteiger partial charge in [0.1, 0.15) is 0 Å². The van der Waals surface area contributed by atoms with Crippen LogP contribution >= 0.6 is 0 Å². The summed E-state index contributed by atoms with van der Waals surface area (Å²) in [6.45, 7) is 3.97. The third-order valence-electron chi connectivity index (χ3n) is 6.93. The van der Waals surface area contributed by atoms with Crippen LogP contribution < -0.4 is 9.80 Å². The first-order valence-electron chi connectivity index (χ1n) is 11.4. The summed E-state index contributed by atoms with van der Waals surface area (Å²) in [4.78, 5) is 29.5. The van der Waals surface area contributed by atoms with E-state index in [1.165, 1.54) is 0 Å². The lowest BCUT2D eigenvalue weighted by atomic mass is 9.84. The smallest absolute Gasteiger partial charge is 0.230 e. The summed E-state index contributed by atoms with van der Waals surface area (Å²) in [5.74, 6) is 0.115. The van der Waals surface area contributed by atoms with Gasteiger partial charge in [-0.15, -0.1) is 0 Å². The summed E-state index contributed by atoms with van der Waals surface area (Å²) >= 11 is 0. The van der Waals surface area contributed by atoms with Crippen molar-refractivity contribution in [2.75, 3.05) is 16.3 Å². The van der Waals surface area contributed by atoms with Crippen LogP contribution in [0, 0.1) is 5.92 Å². The quantitative estimate of drug-likeness (QED) is 0.698. The van der Waals surface area contributed by atoms with Gasteiger partial charge in [0.05, 0.1) is 27.6 Å². The first-order chi connectivity index (χ1) is 15.3. The molecule has 1 atom stereocenters. The molecule has 32 heavy (non-hydrogen) atoms. The molecule has 2 aromatic rings. The van der Waals surface area contributed by atoms with Crippen molar-refractivity contribution >= 4 is 33.0 Å². The van der Waals surface area contributed by atoms with Crippen LogP contribution in [0.1, 0.15) is 46.0 Å². The number of benzene rings is 2. The molecule has 2 amide bonds. The molecule has 1 aliphatic heterocycles. The molecular weight excluding hydrogens is 424 g/mol. The Morgan fingerprint density at radius 2 is 1.66 bits per heavy atom. The fourth-order valence-electron chi connectivity index (χ4n) is 4.79. The van der Waals surface area contributed by atoms with Crippen LogP contribution in [0.3, 0.4) is 0 Å². The van der Waals surface area contributed by atoms with Gasteiger partial charge in [-0.05, 0) is 68.0 Å². The van der Waals surface area contributed by atoms with E-state index in [0.29, 0.717) is 11.4 Å². The lowest BCUT2D eigenvalue weighted by Gasteiger charge is -2.43. The van der Waals surface area contributed by atoms with E-state index >= 15 is 0 Å². The molecule has 0 radical (unpaired) electrons. The highest BCUT2D eigenvalue weighted by atomic mass is 32.2. The zero-order valence-corrected chi connectivity index (χ0v) is 19.3. The Morgan fingerprint density at radius 1 is 0.938 bits per heavy atom. The Hall–Kier alpha value is -2.67. The topological polar surface area (TPSA) is 74.8 Å². The van der Waals surface area contributed by atoms with Crippen molar-refractivity contribution < 1.29 is 18.0 Å². The second-order valence-corrected chi connectivity index (χ2v) is 11.5. The molecule has 2 saturated carbocycles. The first-order valence-corrected chi connectivity index (χ1v) is 12.9. The van der Waals surface area contributed by atoms with E-state index in [-0.39, 0.29) is 29.0 Å². The molecule has 5 rings (SSSR count). The molecule has 0 aromatic heterocycles. The van der Waals surface area contributed by atoms with Crippen LogP contribution in [0.5, 0.6) is 0 Å². The number of hydrogen-bond donors (Lipinski definition) is 0. The van der Waals surface area contributed by atoms with Crippen LogP contribution in [-0.2, 0) is 19.4 Å². The van der Waals surface area contributed by atoms with Gasteiger partial charge in [0.25, 0.3) is 0 Å². The molecule has 2 aliphatic carbocycles. The predicted octanol–water partition coefficient (Wildman–Crippen LogP) is 4.18. The Labute approximate surface area is 189 Å². The van der Waals surface area contributed by atoms with Crippen molar-refractivity contribution in [2.24, 2.45) is 5.92 Å². The van der Waals surface area contributed by atoms with Crippen LogP contribution in [0.4, 0.5) is 11.4 Å². The number of hydrogen-bond acceptors (Lipinski definition) is 4. The molecule has 3 aliphatic rings. The zero-order chi connectivity index (χ0) is 22.6. The average molecular weight is 453 g/mol. The molecular formula is C25H28N2O4S. The molecule has 2 fully saturated rings. The fourth-order valence-corrected chi connectivity index (χ4v) is 6.49. The van der Waals surface area contributed by atoms with Crippen LogP contribution in [0.2, 0.25) is 0 Å². The molecule has 6 nitrogen and oxygen atoms in total. The second kappa shape index (κ2) is 7.73. The molecule has 1 heterocycles. The van der Waals surface area contributed by atoms with Gasteiger partial charge in [-0.3, -0.25) is 9.59 Å². The summed E-state index contributed by atoms with van der Waals surface area (Å²) in [7, 11) is -3.29. The summed E-state index contributed by atoms with van der Waals surface area (Å²) < 4.78 is 25.4. The van der Waals surface area contributed by atoms with E-state index in [1.54, 1.807) is 30.0 Å². The summed E-state index contributed by atoms with van der Waals surface area (Å²) in [5, 5.41) is -0.262. The number of carbonyl (C=O) groups excluding carboxylic acids is 2. The number of sulfone groups is 1. The Balaban J connectivity index is 1.58. The number of anilines is 2. The van der Waals surface area contributed by atoms with Crippen molar-refractivity contribution in [3.63, 3.8) is 0 Å². The van der Waals surface area contributed by atoms with Gasteiger partial charge in [-0.25, -0.2) is 8.42 Å². The normalized spacial score (nSPS) is 21.1. The van der Waals surface area contributed by atoms with Gasteiger partial charge in [0.15, 0.2) is 9.84 Å². The SMILES string of the molecule is CC(=O)N1c2ccc(-c3cccc(S(=O)(=O)C4CC4)c3)cc2N(C(=O)C2CCC2)CC1C. The number of carbonyl (C=O) groups is 2. The van der Waals surface area contributed by atoms with Crippen molar-refractivity contribution in [1.82, 2.24) is 0 Å². The Morgan fingerprint density at radius 3 is 2.28 bits per heavy atom.